The lowest BCUT2D eigenvalue weighted by Crippen LogP contribution is -2.24. The minimum atomic E-state index is 0.190. The largest absolute Gasteiger partial charge is 0.331 e. The van der Waals surface area contributed by atoms with Crippen LogP contribution in [-0.4, -0.2) is 4.57 Å². The van der Waals surface area contributed by atoms with Gasteiger partial charge in [0.25, 0.3) is 0 Å². The summed E-state index contributed by atoms with van der Waals surface area (Å²) in [6.45, 7) is 4.36. The van der Waals surface area contributed by atoms with Crippen LogP contribution in [0, 0.1) is 13.8 Å². The molecular weight excluding hydrogens is 508 g/mol. The van der Waals surface area contributed by atoms with Crippen molar-refractivity contribution in [1.82, 2.24) is 4.57 Å². The Morgan fingerprint density at radius 2 is 1.19 bits per heavy atom. The van der Waals surface area contributed by atoms with Gasteiger partial charge in [-0.15, -0.1) is 0 Å². The highest BCUT2D eigenvalue weighted by molar-refractivity contribution is 6.21. The first-order valence-corrected chi connectivity index (χ1v) is 14.9. The van der Waals surface area contributed by atoms with E-state index in [2.05, 4.69) is 157 Å². The fourth-order valence-electron chi connectivity index (χ4n) is 7.60. The van der Waals surface area contributed by atoms with Crippen LogP contribution in [0.2, 0.25) is 0 Å². The molecule has 0 saturated carbocycles. The van der Waals surface area contributed by atoms with Gasteiger partial charge in [0.05, 0.1) is 22.8 Å². The molecule has 1 aromatic heterocycles. The van der Waals surface area contributed by atoms with E-state index >= 15 is 0 Å². The van der Waals surface area contributed by atoms with E-state index in [4.69, 9.17) is 0 Å². The fraction of sp³-hybridized carbons (Fsp3) is 0.100. The Bertz CT molecular complexity index is 2220. The molecule has 1 aliphatic heterocycles. The standard InChI is InChI=1S/C40H30N2/c1-25-13-17-31-27(23-25)15-19-33-35-21-22-36-34-20-16-28-24-26(2)14-18-32(28)38(34)42(30-11-7-4-8-12-30)40(36)39(35)41(37(31)33)29-9-5-3-6-10-29/h3-24,33,37H,1-2H3. The third-order valence-corrected chi connectivity index (χ3v) is 9.38. The minimum Gasteiger partial charge on any atom is -0.331 e. The van der Waals surface area contributed by atoms with Crippen molar-refractivity contribution in [3.05, 3.63) is 155 Å². The summed E-state index contributed by atoms with van der Waals surface area (Å²) >= 11 is 0. The number of fused-ring (bicyclic) bond motifs is 11. The van der Waals surface area contributed by atoms with Crippen molar-refractivity contribution in [2.75, 3.05) is 4.90 Å². The molecule has 42 heavy (non-hydrogen) atoms. The number of aromatic nitrogens is 1. The molecule has 2 heteroatoms. The summed E-state index contributed by atoms with van der Waals surface area (Å²) < 4.78 is 2.54. The van der Waals surface area contributed by atoms with Crippen LogP contribution >= 0.6 is 0 Å². The molecule has 2 nitrogen and oxygen atoms in total. The molecule has 0 fully saturated rings. The lowest BCUT2D eigenvalue weighted by atomic mass is 9.82. The molecule has 0 saturated heterocycles. The van der Waals surface area contributed by atoms with Gasteiger partial charge in [0, 0.05) is 33.5 Å². The SMILES string of the molecule is Cc1ccc2c(c1)C=CC1c3ccc4c5ccc6cc(C)ccc6c5n(-c5ccccc5)c4c3N(c3ccccc3)C21. The summed E-state index contributed by atoms with van der Waals surface area (Å²) in [5.74, 6) is 0.265. The van der Waals surface area contributed by atoms with Crippen LogP contribution in [0.4, 0.5) is 11.4 Å². The first-order chi connectivity index (χ1) is 20.7. The Kier molecular flexibility index (Phi) is 4.90. The van der Waals surface area contributed by atoms with Crippen LogP contribution in [0.25, 0.3) is 44.3 Å². The number of rotatable bonds is 2. The quantitative estimate of drug-likeness (QED) is 0.213. The number of nitrogens with zero attached hydrogens (tertiary/aromatic N) is 2. The summed E-state index contributed by atoms with van der Waals surface area (Å²) in [7, 11) is 0. The molecule has 0 spiro atoms. The van der Waals surface area contributed by atoms with Gasteiger partial charge in [-0.25, -0.2) is 0 Å². The van der Waals surface area contributed by atoms with Gasteiger partial charge in [-0.1, -0.05) is 120 Å². The molecule has 2 unspecified atom stereocenters. The van der Waals surface area contributed by atoms with E-state index < -0.39 is 0 Å². The van der Waals surface area contributed by atoms with Crippen LogP contribution in [0.15, 0.2) is 127 Å². The van der Waals surface area contributed by atoms with E-state index in [0.29, 0.717) is 0 Å². The molecule has 1 aliphatic carbocycles. The molecule has 0 N–H and O–H groups in total. The monoisotopic (exact) mass is 538 g/mol. The predicted octanol–water partition coefficient (Wildman–Crippen LogP) is 10.6. The van der Waals surface area contributed by atoms with Gasteiger partial charge in [-0.2, -0.15) is 0 Å². The summed E-state index contributed by atoms with van der Waals surface area (Å²) in [5.41, 5.74) is 13.0. The molecule has 0 radical (unpaired) electrons. The van der Waals surface area contributed by atoms with Gasteiger partial charge in [0.2, 0.25) is 0 Å². The molecule has 200 valence electrons. The van der Waals surface area contributed by atoms with Gasteiger partial charge in [0.15, 0.2) is 0 Å². The van der Waals surface area contributed by atoms with Gasteiger partial charge >= 0.3 is 0 Å². The molecule has 2 atom stereocenters. The molecule has 2 heterocycles. The topological polar surface area (TPSA) is 8.17 Å². The van der Waals surface area contributed by atoms with Gasteiger partial charge in [0.1, 0.15) is 0 Å². The second-order valence-electron chi connectivity index (χ2n) is 11.9. The third-order valence-electron chi connectivity index (χ3n) is 9.38. The van der Waals surface area contributed by atoms with Crippen molar-refractivity contribution >= 4 is 50.0 Å². The zero-order valence-corrected chi connectivity index (χ0v) is 23.8. The first kappa shape index (κ1) is 23.6. The van der Waals surface area contributed by atoms with Crippen molar-refractivity contribution in [3.8, 4) is 5.69 Å². The van der Waals surface area contributed by atoms with Crippen molar-refractivity contribution in [2.45, 2.75) is 25.8 Å². The smallest absolute Gasteiger partial charge is 0.0782 e. The maximum Gasteiger partial charge on any atom is 0.0782 e. The Morgan fingerprint density at radius 3 is 2.00 bits per heavy atom. The average Bonchev–Trinajstić information content (AvgIpc) is 3.55. The van der Waals surface area contributed by atoms with Crippen molar-refractivity contribution in [2.24, 2.45) is 0 Å². The van der Waals surface area contributed by atoms with Crippen molar-refractivity contribution in [3.63, 3.8) is 0 Å². The average molecular weight is 539 g/mol. The number of hydrogen-bond acceptors (Lipinski definition) is 1. The second-order valence-corrected chi connectivity index (χ2v) is 11.9. The number of hydrogen-bond donors (Lipinski definition) is 0. The lowest BCUT2D eigenvalue weighted by Gasteiger charge is -2.33. The second kappa shape index (κ2) is 8.71. The van der Waals surface area contributed by atoms with E-state index in [1.165, 1.54) is 77.5 Å². The maximum atomic E-state index is 2.63. The molecule has 9 rings (SSSR count). The summed E-state index contributed by atoms with van der Waals surface area (Å²) in [5, 5.41) is 5.15. The van der Waals surface area contributed by atoms with Crippen LogP contribution in [-0.2, 0) is 0 Å². The Morgan fingerprint density at radius 1 is 0.548 bits per heavy atom. The predicted molar refractivity (Wildman–Crippen MR) is 177 cm³/mol. The fourth-order valence-corrected chi connectivity index (χ4v) is 7.60. The Labute approximate surface area is 245 Å². The van der Waals surface area contributed by atoms with E-state index in [9.17, 15) is 0 Å². The molecule has 0 amide bonds. The highest BCUT2D eigenvalue weighted by atomic mass is 15.2. The van der Waals surface area contributed by atoms with Crippen molar-refractivity contribution < 1.29 is 0 Å². The lowest BCUT2D eigenvalue weighted by molar-refractivity contribution is 0.667. The van der Waals surface area contributed by atoms with E-state index in [-0.39, 0.29) is 12.0 Å². The minimum absolute atomic E-state index is 0.190. The van der Waals surface area contributed by atoms with E-state index in [1.807, 2.05) is 0 Å². The first-order valence-electron chi connectivity index (χ1n) is 14.9. The molecule has 2 aliphatic rings. The number of aryl methyl sites for hydroxylation is 2. The third kappa shape index (κ3) is 3.21. The van der Waals surface area contributed by atoms with Gasteiger partial charge in [-0.3, -0.25) is 0 Å². The van der Waals surface area contributed by atoms with Crippen LogP contribution in [0.1, 0.15) is 39.8 Å². The number of para-hydroxylation sites is 2. The summed E-state index contributed by atoms with van der Waals surface area (Å²) in [6, 6.07) is 45.3. The zero-order chi connectivity index (χ0) is 27.9. The molecular formula is C40H30N2. The zero-order valence-electron chi connectivity index (χ0n) is 23.8. The maximum absolute atomic E-state index is 2.63. The Balaban J connectivity index is 1.46. The highest BCUT2D eigenvalue weighted by Gasteiger charge is 2.43. The number of anilines is 2. The van der Waals surface area contributed by atoms with Crippen molar-refractivity contribution in [1.29, 1.82) is 0 Å². The summed E-state index contributed by atoms with van der Waals surface area (Å²) in [4.78, 5) is 2.63. The normalized spacial score (nSPS) is 17.1. The van der Waals surface area contributed by atoms with Gasteiger partial charge < -0.3 is 9.47 Å². The molecule has 0 bridgehead atoms. The molecule has 7 aromatic rings. The van der Waals surface area contributed by atoms with E-state index in [0.717, 1.165) is 0 Å². The highest BCUT2D eigenvalue weighted by Crippen LogP contribution is 2.58. The van der Waals surface area contributed by atoms with Crippen LogP contribution in [0.3, 0.4) is 0 Å². The van der Waals surface area contributed by atoms with E-state index in [1.54, 1.807) is 0 Å². The number of benzene rings is 6. The summed E-state index contributed by atoms with van der Waals surface area (Å²) in [6.07, 6.45) is 4.78. The van der Waals surface area contributed by atoms with Gasteiger partial charge in [-0.05, 0) is 60.2 Å². The Hall–Kier alpha value is -5.08. The van der Waals surface area contributed by atoms with Crippen LogP contribution < -0.4 is 4.90 Å². The van der Waals surface area contributed by atoms with Crippen LogP contribution in [0.5, 0.6) is 0 Å². The molecule has 6 aromatic carbocycles.